The number of sulfonamides is 1. The second-order valence-electron chi connectivity index (χ2n) is 7.96. The molecule has 1 aromatic carbocycles. The third-order valence-electron chi connectivity index (χ3n) is 6.11. The van der Waals surface area contributed by atoms with Crippen LogP contribution in [0.15, 0.2) is 46.2 Å². The van der Waals surface area contributed by atoms with Gasteiger partial charge in [-0.15, -0.1) is 0 Å². The summed E-state index contributed by atoms with van der Waals surface area (Å²) in [5.41, 5.74) is 2.26. The highest BCUT2D eigenvalue weighted by molar-refractivity contribution is 7.89. The van der Waals surface area contributed by atoms with Gasteiger partial charge in [-0.25, -0.2) is 18.2 Å². The second-order valence-corrected chi connectivity index (χ2v) is 9.90. The van der Waals surface area contributed by atoms with Crippen LogP contribution in [0, 0.1) is 12.8 Å². The highest BCUT2D eigenvalue weighted by Crippen LogP contribution is 2.28. The number of piperidine rings is 1. The molecule has 1 aliphatic rings. The summed E-state index contributed by atoms with van der Waals surface area (Å²) in [6, 6.07) is 8.69. The van der Waals surface area contributed by atoms with Crippen LogP contribution in [0.2, 0.25) is 0 Å². The average Bonchev–Trinajstić information content (AvgIpc) is 3.04. The van der Waals surface area contributed by atoms with Gasteiger partial charge in [0.15, 0.2) is 5.65 Å². The minimum atomic E-state index is -3.56. The molecule has 1 fully saturated rings. The summed E-state index contributed by atoms with van der Waals surface area (Å²) in [5.74, 6) is 0.891. The molecule has 0 N–H and O–H groups in total. The number of pyridine rings is 1. The molecule has 1 aliphatic heterocycles. The lowest BCUT2D eigenvalue weighted by molar-refractivity contribution is 0.252. The molecule has 4 rings (SSSR count). The largest absolute Gasteiger partial charge is 0.496 e. The van der Waals surface area contributed by atoms with E-state index >= 15 is 0 Å². The Kier molecular flexibility index (Phi) is 5.90. The van der Waals surface area contributed by atoms with E-state index in [9.17, 15) is 13.2 Å². The van der Waals surface area contributed by atoms with Crippen molar-refractivity contribution in [1.29, 1.82) is 0 Å². The Labute approximate surface area is 182 Å². The van der Waals surface area contributed by atoms with Crippen molar-refractivity contribution < 1.29 is 13.2 Å². The molecule has 0 unspecified atom stereocenters. The molecule has 0 amide bonds. The van der Waals surface area contributed by atoms with E-state index < -0.39 is 10.0 Å². The first kappa shape index (κ1) is 21.6. The van der Waals surface area contributed by atoms with Crippen LogP contribution in [-0.4, -0.2) is 47.0 Å². The molecule has 0 radical (unpaired) electrons. The minimum Gasteiger partial charge on any atom is -0.496 e. The Morgan fingerprint density at radius 2 is 1.90 bits per heavy atom. The smallest absolute Gasteiger partial charge is 0.330 e. The van der Waals surface area contributed by atoms with Crippen molar-refractivity contribution in [1.82, 2.24) is 18.4 Å². The number of hydrogen-bond acceptors (Lipinski definition) is 5. The molecule has 0 saturated carbocycles. The Hall–Kier alpha value is -2.65. The number of fused-ring (bicyclic) bond motifs is 1. The molecular formula is C22H28N4O4S. The molecule has 0 aliphatic carbocycles. The SMILES string of the molecule is CCn1c(=O)n(CC2CCN(S(=O)(=O)c3ccc(OC)c(C)c3)CC2)c2ncccc21. The maximum Gasteiger partial charge on any atom is 0.330 e. The molecule has 0 spiro atoms. The molecular weight excluding hydrogens is 416 g/mol. The Morgan fingerprint density at radius 1 is 1.16 bits per heavy atom. The summed E-state index contributed by atoms with van der Waals surface area (Å²) in [6.45, 7) is 5.80. The van der Waals surface area contributed by atoms with Gasteiger partial charge in [-0.2, -0.15) is 4.31 Å². The number of benzene rings is 1. The van der Waals surface area contributed by atoms with Gasteiger partial charge < -0.3 is 4.74 Å². The van der Waals surface area contributed by atoms with Crippen LogP contribution in [0.5, 0.6) is 5.75 Å². The van der Waals surface area contributed by atoms with Gasteiger partial charge in [0, 0.05) is 32.4 Å². The Morgan fingerprint density at radius 3 is 2.55 bits per heavy atom. The van der Waals surface area contributed by atoms with E-state index in [1.807, 2.05) is 26.0 Å². The van der Waals surface area contributed by atoms with E-state index in [-0.39, 0.29) is 16.5 Å². The lowest BCUT2D eigenvalue weighted by Crippen LogP contribution is -2.40. The van der Waals surface area contributed by atoms with Crippen LogP contribution in [0.1, 0.15) is 25.3 Å². The molecule has 3 aromatic rings. The van der Waals surface area contributed by atoms with Gasteiger partial charge in [-0.3, -0.25) is 9.13 Å². The first-order valence-electron chi connectivity index (χ1n) is 10.6. The zero-order valence-electron chi connectivity index (χ0n) is 18.1. The van der Waals surface area contributed by atoms with Gasteiger partial charge in [0.25, 0.3) is 0 Å². The van der Waals surface area contributed by atoms with Crippen molar-refractivity contribution in [2.45, 2.75) is 44.7 Å². The molecule has 0 atom stereocenters. The number of rotatable bonds is 6. The highest BCUT2D eigenvalue weighted by Gasteiger charge is 2.30. The number of methoxy groups -OCH3 is 1. The van der Waals surface area contributed by atoms with Crippen molar-refractivity contribution in [3.05, 3.63) is 52.6 Å². The monoisotopic (exact) mass is 444 g/mol. The lowest BCUT2D eigenvalue weighted by Gasteiger charge is -2.31. The number of ether oxygens (including phenoxy) is 1. The van der Waals surface area contributed by atoms with Gasteiger partial charge in [-0.05, 0) is 68.5 Å². The number of nitrogens with zero attached hydrogens (tertiary/aromatic N) is 4. The predicted octanol–water partition coefficient (Wildman–Crippen LogP) is 2.64. The van der Waals surface area contributed by atoms with E-state index in [0.717, 1.165) is 11.1 Å². The van der Waals surface area contributed by atoms with Crippen LogP contribution >= 0.6 is 0 Å². The molecule has 1 saturated heterocycles. The summed E-state index contributed by atoms with van der Waals surface area (Å²) in [5, 5.41) is 0. The number of aryl methyl sites for hydroxylation is 2. The number of hydrogen-bond donors (Lipinski definition) is 0. The summed E-state index contributed by atoms with van der Waals surface area (Å²) in [6.07, 6.45) is 3.10. The third-order valence-corrected chi connectivity index (χ3v) is 8.00. The number of imidazole rings is 1. The van der Waals surface area contributed by atoms with Crippen LogP contribution in [0.25, 0.3) is 11.2 Å². The standard InChI is InChI=1S/C22H28N4O4S/c1-4-25-19-6-5-11-23-21(19)26(22(25)27)15-17-9-12-24(13-10-17)31(28,29)18-7-8-20(30-3)16(2)14-18/h5-8,11,14,17H,4,9-10,12-13,15H2,1-3H3. The topological polar surface area (TPSA) is 86.4 Å². The highest BCUT2D eigenvalue weighted by atomic mass is 32.2. The second kappa shape index (κ2) is 8.47. The molecule has 0 bridgehead atoms. The number of aromatic nitrogens is 3. The zero-order valence-corrected chi connectivity index (χ0v) is 18.9. The van der Waals surface area contributed by atoms with Gasteiger partial charge in [0.05, 0.1) is 17.5 Å². The fourth-order valence-electron chi connectivity index (χ4n) is 4.37. The fraction of sp³-hybridized carbons (Fsp3) is 0.455. The first-order valence-corrected chi connectivity index (χ1v) is 12.0. The van der Waals surface area contributed by atoms with E-state index in [1.54, 1.807) is 44.9 Å². The van der Waals surface area contributed by atoms with E-state index in [1.165, 1.54) is 0 Å². The normalized spacial score (nSPS) is 16.1. The third kappa shape index (κ3) is 3.87. The molecule has 8 nitrogen and oxygen atoms in total. The Balaban J connectivity index is 1.50. The summed E-state index contributed by atoms with van der Waals surface area (Å²) < 4.78 is 36.4. The van der Waals surface area contributed by atoms with Crippen LogP contribution in [0.3, 0.4) is 0 Å². The first-order chi connectivity index (χ1) is 14.9. The van der Waals surface area contributed by atoms with Crippen molar-refractivity contribution in [2.75, 3.05) is 20.2 Å². The van der Waals surface area contributed by atoms with Crippen LogP contribution in [-0.2, 0) is 23.1 Å². The molecule has 3 heterocycles. The van der Waals surface area contributed by atoms with E-state index in [2.05, 4.69) is 4.98 Å². The van der Waals surface area contributed by atoms with E-state index in [0.29, 0.717) is 50.4 Å². The molecule has 2 aromatic heterocycles. The van der Waals surface area contributed by atoms with Gasteiger partial charge in [0.2, 0.25) is 10.0 Å². The van der Waals surface area contributed by atoms with E-state index in [4.69, 9.17) is 4.74 Å². The summed E-state index contributed by atoms with van der Waals surface area (Å²) in [4.78, 5) is 17.6. The van der Waals surface area contributed by atoms with Crippen LogP contribution < -0.4 is 10.4 Å². The van der Waals surface area contributed by atoms with Crippen molar-refractivity contribution >= 4 is 21.2 Å². The van der Waals surface area contributed by atoms with Crippen molar-refractivity contribution in [3.8, 4) is 5.75 Å². The average molecular weight is 445 g/mol. The maximum absolute atomic E-state index is 13.1. The lowest BCUT2D eigenvalue weighted by atomic mass is 9.98. The minimum absolute atomic E-state index is 0.0556. The molecule has 166 valence electrons. The maximum atomic E-state index is 13.1. The van der Waals surface area contributed by atoms with Crippen molar-refractivity contribution in [3.63, 3.8) is 0 Å². The fourth-order valence-corrected chi connectivity index (χ4v) is 5.92. The van der Waals surface area contributed by atoms with Gasteiger partial charge in [0.1, 0.15) is 5.75 Å². The Bertz CT molecular complexity index is 1250. The van der Waals surface area contributed by atoms with Crippen molar-refractivity contribution in [2.24, 2.45) is 5.92 Å². The zero-order chi connectivity index (χ0) is 22.2. The summed E-state index contributed by atoms with van der Waals surface area (Å²) >= 11 is 0. The molecule has 31 heavy (non-hydrogen) atoms. The quantitative estimate of drug-likeness (QED) is 0.583. The molecule has 9 heteroatoms. The van der Waals surface area contributed by atoms with Gasteiger partial charge in [-0.1, -0.05) is 0 Å². The van der Waals surface area contributed by atoms with Gasteiger partial charge >= 0.3 is 5.69 Å². The van der Waals surface area contributed by atoms with Crippen LogP contribution in [0.4, 0.5) is 0 Å². The summed E-state index contributed by atoms with van der Waals surface area (Å²) in [7, 11) is -1.99. The predicted molar refractivity (Wildman–Crippen MR) is 119 cm³/mol.